The molecular weight excluding hydrogens is 212 g/mol. The van der Waals surface area contributed by atoms with Gasteiger partial charge in [0.2, 0.25) is 5.91 Å². The molecule has 1 aromatic carbocycles. The summed E-state index contributed by atoms with van der Waals surface area (Å²) in [5.74, 6) is -0.0145. The Morgan fingerprint density at radius 1 is 1.40 bits per heavy atom. The molecule has 4 heteroatoms. The van der Waals surface area contributed by atoms with Crippen molar-refractivity contribution >= 4 is 28.9 Å². The van der Waals surface area contributed by atoms with E-state index in [0.29, 0.717) is 17.1 Å². The third-order valence-electron chi connectivity index (χ3n) is 2.35. The molecule has 0 spiro atoms. The van der Waals surface area contributed by atoms with Crippen LogP contribution in [0.4, 0.5) is 11.4 Å². The van der Waals surface area contributed by atoms with Gasteiger partial charge in [0.1, 0.15) is 0 Å². The molecule has 0 aromatic heterocycles. The highest BCUT2D eigenvalue weighted by atomic mass is 35.5. The van der Waals surface area contributed by atoms with Crippen LogP contribution in [-0.2, 0) is 4.79 Å². The highest BCUT2D eigenvalue weighted by molar-refractivity contribution is 6.34. The molecule has 1 aromatic rings. The van der Waals surface area contributed by atoms with Crippen molar-refractivity contribution in [2.75, 3.05) is 10.6 Å². The molecule has 2 N–H and O–H groups in total. The van der Waals surface area contributed by atoms with Gasteiger partial charge in [0, 0.05) is 12.0 Å². The van der Waals surface area contributed by atoms with Crippen LogP contribution >= 0.6 is 11.6 Å². The van der Waals surface area contributed by atoms with Crippen molar-refractivity contribution in [3.63, 3.8) is 0 Å². The molecule has 0 radical (unpaired) electrons. The highest BCUT2D eigenvalue weighted by Crippen LogP contribution is 2.35. The largest absolute Gasteiger partial charge is 0.378 e. The molecule has 0 aliphatic carbocycles. The Morgan fingerprint density at radius 3 is 2.87 bits per heavy atom. The lowest BCUT2D eigenvalue weighted by Crippen LogP contribution is -2.32. The van der Waals surface area contributed by atoms with E-state index in [1.54, 1.807) is 6.07 Å². The maximum Gasteiger partial charge on any atom is 0.226 e. The highest BCUT2D eigenvalue weighted by Gasteiger charge is 2.27. The molecule has 0 saturated carbocycles. The first-order valence-electron chi connectivity index (χ1n) is 4.84. The SMILES string of the molecule is CC1(C)CC(=O)Nc2c(Cl)cccc2N1. The minimum absolute atomic E-state index is 0.0145. The summed E-state index contributed by atoms with van der Waals surface area (Å²) in [4.78, 5) is 11.6. The number of amides is 1. The summed E-state index contributed by atoms with van der Waals surface area (Å²) in [5, 5.41) is 6.68. The quantitative estimate of drug-likeness (QED) is 0.712. The number of hydrogen-bond donors (Lipinski definition) is 2. The van der Waals surface area contributed by atoms with Crippen LogP contribution in [0.15, 0.2) is 18.2 Å². The van der Waals surface area contributed by atoms with Gasteiger partial charge in [-0.1, -0.05) is 17.7 Å². The zero-order valence-electron chi connectivity index (χ0n) is 8.73. The fourth-order valence-electron chi connectivity index (χ4n) is 1.75. The predicted molar refractivity (Wildman–Crippen MR) is 62.4 cm³/mol. The average Bonchev–Trinajstić information content (AvgIpc) is 2.20. The lowest BCUT2D eigenvalue weighted by molar-refractivity contribution is -0.116. The van der Waals surface area contributed by atoms with Gasteiger partial charge < -0.3 is 10.6 Å². The van der Waals surface area contributed by atoms with Crippen molar-refractivity contribution < 1.29 is 4.79 Å². The number of fused-ring (bicyclic) bond motifs is 1. The summed E-state index contributed by atoms with van der Waals surface area (Å²) < 4.78 is 0. The Hall–Kier alpha value is -1.22. The number of rotatable bonds is 0. The molecule has 0 unspecified atom stereocenters. The van der Waals surface area contributed by atoms with Crippen LogP contribution in [0.25, 0.3) is 0 Å². The summed E-state index contributed by atoms with van der Waals surface area (Å²) in [5.41, 5.74) is 1.30. The Morgan fingerprint density at radius 2 is 2.13 bits per heavy atom. The van der Waals surface area contributed by atoms with Crippen LogP contribution in [0.3, 0.4) is 0 Å². The lowest BCUT2D eigenvalue weighted by Gasteiger charge is -2.24. The Balaban J connectivity index is 2.50. The van der Waals surface area contributed by atoms with Gasteiger partial charge in [0.05, 0.1) is 16.4 Å². The molecule has 2 rings (SSSR count). The van der Waals surface area contributed by atoms with Crippen LogP contribution in [0.2, 0.25) is 5.02 Å². The molecule has 80 valence electrons. The number of para-hydroxylation sites is 1. The van der Waals surface area contributed by atoms with E-state index in [0.717, 1.165) is 5.69 Å². The van der Waals surface area contributed by atoms with Crippen LogP contribution in [-0.4, -0.2) is 11.4 Å². The fraction of sp³-hybridized carbons (Fsp3) is 0.364. The molecule has 0 saturated heterocycles. The maximum absolute atomic E-state index is 11.6. The first kappa shape index (κ1) is 10.3. The van der Waals surface area contributed by atoms with Gasteiger partial charge in [-0.05, 0) is 26.0 Å². The first-order valence-corrected chi connectivity index (χ1v) is 5.22. The fourth-order valence-corrected chi connectivity index (χ4v) is 1.97. The molecule has 1 aliphatic heterocycles. The molecule has 1 aliphatic rings. The van der Waals surface area contributed by atoms with Crippen LogP contribution in [0.5, 0.6) is 0 Å². The lowest BCUT2D eigenvalue weighted by atomic mass is 10.0. The number of carbonyl (C=O) groups excluding carboxylic acids is 1. The second-order valence-corrected chi connectivity index (χ2v) is 4.80. The van der Waals surface area contributed by atoms with E-state index in [1.165, 1.54) is 0 Å². The monoisotopic (exact) mass is 224 g/mol. The van der Waals surface area contributed by atoms with Crippen molar-refractivity contribution in [1.82, 2.24) is 0 Å². The van der Waals surface area contributed by atoms with E-state index >= 15 is 0 Å². The van der Waals surface area contributed by atoms with E-state index in [1.807, 2.05) is 26.0 Å². The molecule has 0 fully saturated rings. The third-order valence-corrected chi connectivity index (χ3v) is 2.67. The van der Waals surface area contributed by atoms with Crippen LogP contribution in [0, 0.1) is 0 Å². The molecule has 1 heterocycles. The van der Waals surface area contributed by atoms with E-state index in [-0.39, 0.29) is 11.4 Å². The smallest absolute Gasteiger partial charge is 0.226 e. The zero-order chi connectivity index (χ0) is 11.1. The molecular formula is C11H13ClN2O. The van der Waals surface area contributed by atoms with Crippen molar-refractivity contribution in [2.45, 2.75) is 25.8 Å². The Labute approximate surface area is 93.8 Å². The molecule has 0 bridgehead atoms. The predicted octanol–water partition coefficient (Wildman–Crippen LogP) is 2.87. The second kappa shape index (κ2) is 3.42. The number of hydrogen-bond acceptors (Lipinski definition) is 2. The minimum Gasteiger partial charge on any atom is -0.378 e. The van der Waals surface area contributed by atoms with Gasteiger partial charge in [-0.15, -0.1) is 0 Å². The summed E-state index contributed by atoms with van der Waals surface area (Å²) in [6.07, 6.45) is 0.429. The second-order valence-electron chi connectivity index (χ2n) is 4.40. The molecule has 3 nitrogen and oxygen atoms in total. The molecule has 15 heavy (non-hydrogen) atoms. The topological polar surface area (TPSA) is 41.1 Å². The summed E-state index contributed by atoms with van der Waals surface area (Å²) in [7, 11) is 0. The van der Waals surface area contributed by atoms with Gasteiger partial charge in [0.25, 0.3) is 0 Å². The van der Waals surface area contributed by atoms with Gasteiger partial charge >= 0.3 is 0 Å². The third kappa shape index (κ3) is 2.07. The van der Waals surface area contributed by atoms with Gasteiger partial charge in [-0.3, -0.25) is 4.79 Å². The van der Waals surface area contributed by atoms with E-state index in [2.05, 4.69) is 10.6 Å². The van der Waals surface area contributed by atoms with Crippen molar-refractivity contribution in [2.24, 2.45) is 0 Å². The van der Waals surface area contributed by atoms with Crippen molar-refractivity contribution in [1.29, 1.82) is 0 Å². The first-order chi connectivity index (χ1) is 6.98. The van der Waals surface area contributed by atoms with Crippen LogP contribution < -0.4 is 10.6 Å². The van der Waals surface area contributed by atoms with E-state index in [9.17, 15) is 4.79 Å². The number of halogens is 1. The Bertz CT molecular complexity index is 415. The van der Waals surface area contributed by atoms with Gasteiger partial charge in [0.15, 0.2) is 0 Å². The van der Waals surface area contributed by atoms with Crippen molar-refractivity contribution in [3.8, 4) is 0 Å². The number of anilines is 2. The number of nitrogens with one attached hydrogen (secondary N) is 2. The summed E-state index contributed by atoms with van der Waals surface area (Å²) >= 11 is 6.02. The van der Waals surface area contributed by atoms with E-state index < -0.39 is 0 Å². The van der Waals surface area contributed by atoms with E-state index in [4.69, 9.17) is 11.6 Å². The van der Waals surface area contributed by atoms with Crippen molar-refractivity contribution in [3.05, 3.63) is 23.2 Å². The Kier molecular flexibility index (Phi) is 2.35. The maximum atomic E-state index is 11.6. The average molecular weight is 225 g/mol. The standard InChI is InChI=1S/C11H13ClN2O/c1-11(2)6-9(15)13-10-7(12)4-3-5-8(10)14-11/h3-5,14H,6H2,1-2H3,(H,13,15). The summed E-state index contributed by atoms with van der Waals surface area (Å²) in [6.45, 7) is 3.98. The zero-order valence-corrected chi connectivity index (χ0v) is 9.48. The minimum atomic E-state index is -0.250. The van der Waals surface area contributed by atoms with Crippen LogP contribution in [0.1, 0.15) is 20.3 Å². The van der Waals surface area contributed by atoms with Gasteiger partial charge in [-0.25, -0.2) is 0 Å². The number of carbonyl (C=O) groups is 1. The van der Waals surface area contributed by atoms with Gasteiger partial charge in [-0.2, -0.15) is 0 Å². The normalized spacial score (nSPS) is 18.5. The number of benzene rings is 1. The summed E-state index contributed by atoms with van der Waals surface area (Å²) in [6, 6.07) is 5.54. The molecule has 1 amide bonds. The molecule has 0 atom stereocenters.